The number of benzene rings is 9. The Morgan fingerprint density at radius 2 is 0.814 bits per heavy atom. The number of hydrogen-bond donors (Lipinski definition) is 0. The van der Waals surface area contributed by atoms with E-state index in [1.54, 1.807) is 0 Å². The molecular weight excluding hydrogens is 713 g/mol. The second-order valence-electron chi connectivity index (χ2n) is 16.5. The lowest BCUT2D eigenvalue weighted by molar-refractivity contribution is 0.661. The summed E-state index contributed by atoms with van der Waals surface area (Å²) in [6, 6.07) is 76.0. The zero-order valence-electron chi connectivity index (χ0n) is 33.0. The van der Waals surface area contributed by atoms with Gasteiger partial charge in [-0.15, -0.1) is 0 Å². The van der Waals surface area contributed by atoms with Gasteiger partial charge >= 0.3 is 0 Å². The maximum absolute atomic E-state index is 2.48. The highest BCUT2D eigenvalue weighted by Gasteiger charge is 2.37. The Hall–Kier alpha value is -7.42. The van der Waals surface area contributed by atoms with E-state index in [2.05, 4.69) is 229 Å². The summed E-state index contributed by atoms with van der Waals surface area (Å²) in [5, 5.41) is 5.09. The first kappa shape index (κ1) is 33.7. The lowest BCUT2D eigenvalue weighted by Gasteiger charge is -2.21. The van der Waals surface area contributed by atoms with Gasteiger partial charge in [0.1, 0.15) is 0 Å². The summed E-state index contributed by atoms with van der Waals surface area (Å²) in [6.07, 6.45) is 0. The van der Waals surface area contributed by atoms with Gasteiger partial charge in [-0.25, -0.2) is 0 Å². The van der Waals surface area contributed by atoms with Gasteiger partial charge in [-0.3, -0.25) is 0 Å². The third kappa shape index (κ3) is 5.06. The smallest absolute Gasteiger partial charge is 0.0547 e. The summed E-state index contributed by atoms with van der Waals surface area (Å²) in [4.78, 5) is 0. The molecule has 2 heterocycles. The Balaban J connectivity index is 1.08. The molecule has 2 aromatic heterocycles. The molecule has 0 saturated carbocycles. The highest BCUT2D eigenvalue weighted by atomic mass is 15.0. The molecule has 0 unspecified atom stereocenters. The van der Waals surface area contributed by atoms with Gasteiger partial charge in [0, 0.05) is 38.3 Å². The molecule has 1 aliphatic rings. The quantitative estimate of drug-likeness (QED) is 0.166. The molecule has 2 nitrogen and oxygen atoms in total. The van der Waals surface area contributed by atoms with Crippen molar-refractivity contribution in [1.82, 2.24) is 9.13 Å². The van der Waals surface area contributed by atoms with Crippen LogP contribution in [0.3, 0.4) is 0 Å². The zero-order chi connectivity index (χ0) is 39.2. The second kappa shape index (κ2) is 12.8. The Morgan fingerprint density at radius 1 is 0.322 bits per heavy atom. The Kier molecular flexibility index (Phi) is 7.31. The average Bonchev–Trinajstić information content (AvgIpc) is 3.89. The fourth-order valence-corrected chi connectivity index (χ4v) is 10.1. The molecule has 1 aliphatic carbocycles. The summed E-state index contributed by atoms with van der Waals surface area (Å²) < 4.78 is 4.90. The third-order valence-corrected chi connectivity index (χ3v) is 12.9. The van der Waals surface area contributed by atoms with Crippen LogP contribution in [0.4, 0.5) is 0 Å². The molecule has 0 aliphatic heterocycles. The van der Waals surface area contributed by atoms with Crippen molar-refractivity contribution in [3.05, 3.63) is 217 Å². The van der Waals surface area contributed by atoms with Crippen molar-refractivity contribution in [2.45, 2.75) is 19.3 Å². The minimum absolute atomic E-state index is 0.0980. The van der Waals surface area contributed by atoms with Crippen molar-refractivity contribution in [2.75, 3.05) is 0 Å². The van der Waals surface area contributed by atoms with Crippen molar-refractivity contribution < 1.29 is 0 Å². The fourth-order valence-electron chi connectivity index (χ4n) is 10.1. The Labute approximate surface area is 343 Å². The van der Waals surface area contributed by atoms with Crippen LogP contribution >= 0.6 is 0 Å². The lowest BCUT2D eigenvalue weighted by Crippen LogP contribution is -2.14. The molecule has 0 amide bonds. The summed E-state index contributed by atoms with van der Waals surface area (Å²) in [7, 11) is 0. The van der Waals surface area contributed by atoms with Gasteiger partial charge in [0.05, 0.1) is 22.1 Å². The first-order valence-corrected chi connectivity index (χ1v) is 20.6. The second-order valence-corrected chi connectivity index (χ2v) is 16.5. The molecule has 0 N–H and O–H groups in total. The average molecular weight is 753 g/mol. The minimum Gasteiger partial charge on any atom is -0.309 e. The van der Waals surface area contributed by atoms with Gasteiger partial charge in [-0.1, -0.05) is 159 Å². The standard InChI is InChI=1S/C57H40N2/c1-57(2)49-25-11-9-24-46(49)55-50(57)29-32-54-56(55)48-36-42(28-31-53(48)59(54)44-22-14-20-40(34-44)38-17-7-4-8-18-38)41-27-30-52-47(35-41)45-23-10-12-26-51(45)58(52)43-21-13-19-39(33-43)37-15-5-3-6-16-37/h3-36H,1-2H3. The summed E-state index contributed by atoms with van der Waals surface area (Å²) in [6.45, 7) is 4.75. The Bertz CT molecular complexity index is 3450. The Morgan fingerprint density at radius 3 is 1.49 bits per heavy atom. The number of fused-ring (bicyclic) bond motifs is 10. The van der Waals surface area contributed by atoms with Crippen molar-refractivity contribution >= 4 is 43.6 Å². The van der Waals surface area contributed by atoms with Crippen LogP contribution in [-0.2, 0) is 5.41 Å². The van der Waals surface area contributed by atoms with E-state index < -0.39 is 0 Å². The maximum Gasteiger partial charge on any atom is 0.0547 e. The summed E-state index contributed by atoms with van der Waals surface area (Å²) in [5.74, 6) is 0. The van der Waals surface area contributed by atoms with E-state index in [4.69, 9.17) is 0 Å². The number of rotatable bonds is 5. The van der Waals surface area contributed by atoms with E-state index in [0.717, 1.165) is 11.4 Å². The molecule has 2 heteroatoms. The molecule has 0 fully saturated rings. The van der Waals surface area contributed by atoms with Crippen molar-refractivity contribution in [2.24, 2.45) is 0 Å². The number of aromatic nitrogens is 2. The molecule has 0 spiro atoms. The highest BCUT2D eigenvalue weighted by Crippen LogP contribution is 2.53. The van der Waals surface area contributed by atoms with E-state index in [1.807, 2.05) is 0 Å². The third-order valence-electron chi connectivity index (χ3n) is 12.9. The van der Waals surface area contributed by atoms with Gasteiger partial charge in [0.15, 0.2) is 0 Å². The lowest BCUT2D eigenvalue weighted by atomic mass is 9.82. The zero-order valence-corrected chi connectivity index (χ0v) is 33.0. The molecule has 9 aromatic carbocycles. The maximum atomic E-state index is 2.48. The molecule has 12 rings (SSSR count). The predicted octanol–water partition coefficient (Wildman–Crippen LogP) is 15.2. The molecule has 0 radical (unpaired) electrons. The monoisotopic (exact) mass is 752 g/mol. The van der Waals surface area contributed by atoms with Gasteiger partial charge in [0.25, 0.3) is 0 Å². The predicted molar refractivity (Wildman–Crippen MR) is 249 cm³/mol. The number of nitrogens with zero attached hydrogens (tertiary/aromatic N) is 2. The van der Waals surface area contributed by atoms with E-state index in [-0.39, 0.29) is 5.41 Å². The van der Waals surface area contributed by atoms with Gasteiger partial charge in [-0.2, -0.15) is 0 Å². The minimum atomic E-state index is -0.0980. The van der Waals surface area contributed by atoms with E-state index >= 15 is 0 Å². The number of hydrogen-bond acceptors (Lipinski definition) is 0. The van der Waals surface area contributed by atoms with Crippen LogP contribution in [0, 0.1) is 0 Å². The van der Waals surface area contributed by atoms with E-state index in [0.29, 0.717) is 0 Å². The van der Waals surface area contributed by atoms with Crippen LogP contribution in [0.1, 0.15) is 25.0 Å². The van der Waals surface area contributed by atoms with Crippen molar-refractivity contribution in [3.8, 4) is 55.9 Å². The topological polar surface area (TPSA) is 9.86 Å². The molecule has 278 valence electrons. The highest BCUT2D eigenvalue weighted by molar-refractivity contribution is 6.19. The van der Waals surface area contributed by atoms with Crippen molar-refractivity contribution in [3.63, 3.8) is 0 Å². The fraction of sp³-hybridized carbons (Fsp3) is 0.0526. The van der Waals surface area contributed by atoms with E-state index in [1.165, 1.54) is 99.2 Å². The van der Waals surface area contributed by atoms with Crippen LogP contribution in [0.5, 0.6) is 0 Å². The first-order valence-electron chi connectivity index (χ1n) is 20.6. The summed E-state index contributed by atoms with van der Waals surface area (Å²) in [5.41, 5.74) is 19.8. The normalized spacial score (nSPS) is 13.1. The van der Waals surface area contributed by atoms with Gasteiger partial charge in [0.2, 0.25) is 0 Å². The summed E-state index contributed by atoms with van der Waals surface area (Å²) >= 11 is 0. The molecule has 0 bridgehead atoms. The van der Waals surface area contributed by atoms with E-state index in [9.17, 15) is 0 Å². The SMILES string of the molecule is CC1(C)c2ccccc2-c2c1ccc1c2c2cc(-c3ccc4c(c3)c3ccccc3n4-c3cccc(-c4ccccc4)c3)ccc2n1-c1cccc(-c2ccccc2)c1. The first-order chi connectivity index (χ1) is 29.0. The van der Waals surface area contributed by atoms with Crippen LogP contribution in [0.2, 0.25) is 0 Å². The molecule has 0 atom stereocenters. The molecule has 0 saturated heterocycles. The molecular formula is C57H40N2. The van der Waals surface area contributed by atoms with Gasteiger partial charge < -0.3 is 9.13 Å². The number of para-hydroxylation sites is 1. The molecule has 11 aromatic rings. The van der Waals surface area contributed by atoms with Gasteiger partial charge in [-0.05, 0) is 116 Å². The van der Waals surface area contributed by atoms with Crippen LogP contribution in [-0.4, -0.2) is 9.13 Å². The van der Waals surface area contributed by atoms with Crippen molar-refractivity contribution in [1.29, 1.82) is 0 Å². The molecule has 59 heavy (non-hydrogen) atoms. The van der Waals surface area contributed by atoms with Crippen LogP contribution in [0.25, 0.3) is 99.5 Å². The van der Waals surface area contributed by atoms with Crippen LogP contribution in [0.15, 0.2) is 206 Å². The van der Waals surface area contributed by atoms with Crippen LogP contribution < -0.4 is 0 Å². The largest absolute Gasteiger partial charge is 0.309 e.